The molecule has 6 nitrogen and oxygen atoms in total. The summed E-state index contributed by atoms with van der Waals surface area (Å²) in [5, 5.41) is 4.12. The lowest BCUT2D eigenvalue weighted by Gasteiger charge is -2.22. The van der Waals surface area contributed by atoms with Crippen LogP contribution in [-0.2, 0) is 0 Å². The van der Waals surface area contributed by atoms with E-state index < -0.39 is 0 Å². The van der Waals surface area contributed by atoms with Crippen LogP contribution in [-0.4, -0.2) is 28.5 Å². The van der Waals surface area contributed by atoms with Gasteiger partial charge in [0, 0.05) is 29.7 Å². The third kappa shape index (κ3) is 3.54. The molecule has 1 aromatic carbocycles. The molecule has 134 valence electrons. The van der Waals surface area contributed by atoms with Gasteiger partial charge in [0.15, 0.2) is 0 Å². The third-order valence-electron chi connectivity index (χ3n) is 4.42. The van der Waals surface area contributed by atoms with Crippen LogP contribution in [0.2, 0.25) is 0 Å². The van der Waals surface area contributed by atoms with Crippen molar-refractivity contribution < 1.29 is 9.21 Å². The van der Waals surface area contributed by atoms with Crippen molar-refractivity contribution >= 4 is 28.6 Å². The summed E-state index contributed by atoms with van der Waals surface area (Å²) < 4.78 is 5.37. The lowest BCUT2D eigenvalue weighted by Crippen LogP contribution is -2.34. The maximum absolute atomic E-state index is 13.2. The summed E-state index contributed by atoms with van der Waals surface area (Å²) in [7, 11) is 0. The predicted molar refractivity (Wildman–Crippen MR) is 101 cm³/mol. The van der Waals surface area contributed by atoms with E-state index >= 15 is 0 Å². The number of carbonyl (C=O) groups is 1. The number of hydrogen-bond donors (Lipinski definition) is 1. The number of furan rings is 1. The maximum atomic E-state index is 13.2. The molecule has 0 unspecified atom stereocenters. The molecule has 0 aliphatic heterocycles. The molecule has 1 N–H and O–H groups in total. The quantitative estimate of drug-likeness (QED) is 0.725. The molecule has 3 aromatic rings. The number of hydrogen-bond acceptors (Lipinski definition) is 5. The van der Waals surface area contributed by atoms with Crippen LogP contribution in [0.5, 0.6) is 0 Å². The molecule has 0 radical (unpaired) electrons. The van der Waals surface area contributed by atoms with Crippen molar-refractivity contribution in [1.82, 2.24) is 9.97 Å². The minimum Gasteiger partial charge on any atom is -0.464 e. The van der Waals surface area contributed by atoms with Gasteiger partial charge in [-0.25, -0.2) is 4.98 Å². The first-order valence-electron chi connectivity index (χ1n) is 8.99. The van der Waals surface area contributed by atoms with Gasteiger partial charge in [0.25, 0.3) is 5.91 Å². The van der Waals surface area contributed by atoms with Gasteiger partial charge in [0.05, 0.1) is 6.26 Å². The highest BCUT2D eigenvalue weighted by molar-refractivity contribution is 6.07. The molecule has 0 saturated heterocycles. The second-order valence-electron chi connectivity index (χ2n) is 7.07. The number of nitrogens with zero attached hydrogens (tertiary/aromatic N) is 3. The maximum Gasteiger partial charge on any atom is 0.259 e. The molecule has 0 bridgehead atoms. The predicted octanol–water partition coefficient (Wildman–Crippen LogP) is 4.10. The van der Waals surface area contributed by atoms with E-state index in [4.69, 9.17) is 4.42 Å². The Kier molecular flexibility index (Phi) is 4.32. The lowest BCUT2D eigenvalue weighted by molar-refractivity contribution is 0.0985. The molecular formula is C20H22N4O2. The number of carbonyl (C=O) groups excluding carboxylic acids is 1. The van der Waals surface area contributed by atoms with Crippen molar-refractivity contribution in [1.29, 1.82) is 0 Å². The minimum absolute atomic E-state index is 0.0470. The molecule has 1 fully saturated rings. The zero-order chi connectivity index (χ0) is 18.1. The van der Waals surface area contributed by atoms with E-state index in [2.05, 4.69) is 15.3 Å². The first-order valence-corrected chi connectivity index (χ1v) is 8.99. The van der Waals surface area contributed by atoms with Crippen LogP contribution >= 0.6 is 0 Å². The van der Waals surface area contributed by atoms with Crippen molar-refractivity contribution in [3.8, 4) is 0 Å². The van der Waals surface area contributed by atoms with Crippen LogP contribution < -0.4 is 10.2 Å². The summed E-state index contributed by atoms with van der Waals surface area (Å²) in [6, 6.07) is 9.40. The normalized spacial score (nSPS) is 14.0. The highest BCUT2D eigenvalue weighted by Crippen LogP contribution is 2.32. The van der Waals surface area contributed by atoms with Crippen LogP contribution in [0.4, 0.5) is 11.8 Å². The van der Waals surface area contributed by atoms with E-state index in [9.17, 15) is 4.79 Å². The summed E-state index contributed by atoms with van der Waals surface area (Å²) in [5.41, 5.74) is 1.41. The van der Waals surface area contributed by atoms with E-state index in [1.807, 2.05) is 38.1 Å². The van der Waals surface area contributed by atoms with Crippen LogP contribution in [0.25, 0.3) is 11.0 Å². The molecule has 1 amide bonds. The fourth-order valence-corrected chi connectivity index (χ4v) is 2.92. The van der Waals surface area contributed by atoms with Gasteiger partial charge in [0.1, 0.15) is 11.4 Å². The van der Waals surface area contributed by atoms with Crippen molar-refractivity contribution in [3.63, 3.8) is 0 Å². The van der Waals surface area contributed by atoms with Crippen molar-refractivity contribution in [3.05, 3.63) is 48.4 Å². The van der Waals surface area contributed by atoms with E-state index in [-0.39, 0.29) is 11.9 Å². The number of rotatable bonds is 6. The Morgan fingerprint density at radius 2 is 2.15 bits per heavy atom. The minimum atomic E-state index is -0.0470. The largest absolute Gasteiger partial charge is 0.464 e. The molecule has 0 atom stereocenters. The highest BCUT2D eigenvalue weighted by Gasteiger charge is 2.29. The van der Waals surface area contributed by atoms with Gasteiger partial charge in [-0.1, -0.05) is 0 Å². The zero-order valence-corrected chi connectivity index (χ0v) is 15.0. The highest BCUT2D eigenvalue weighted by atomic mass is 16.3. The van der Waals surface area contributed by atoms with Gasteiger partial charge in [-0.2, -0.15) is 4.98 Å². The Morgan fingerprint density at radius 3 is 2.92 bits per heavy atom. The Balaban J connectivity index is 1.66. The van der Waals surface area contributed by atoms with Crippen molar-refractivity contribution in [2.24, 2.45) is 5.92 Å². The second-order valence-corrected chi connectivity index (χ2v) is 7.07. The molecule has 1 aliphatic rings. The van der Waals surface area contributed by atoms with Gasteiger partial charge >= 0.3 is 0 Å². The number of aromatic nitrogens is 2. The zero-order valence-electron chi connectivity index (χ0n) is 15.0. The summed E-state index contributed by atoms with van der Waals surface area (Å²) >= 11 is 0. The van der Waals surface area contributed by atoms with Crippen molar-refractivity contribution in [2.75, 3.05) is 16.8 Å². The van der Waals surface area contributed by atoms with E-state index in [0.29, 0.717) is 29.8 Å². The second kappa shape index (κ2) is 6.78. The van der Waals surface area contributed by atoms with E-state index in [0.717, 1.165) is 23.8 Å². The SMILES string of the molecule is CC(C)Nc1nccc(N(CC2CC2)C(=O)c2ccc3occc3c2)n1. The number of nitrogens with one attached hydrogen (secondary N) is 1. The van der Waals surface area contributed by atoms with Crippen LogP contribution in [0, 0.1) is 5.92 Å². The first kappa shape index (κ1) is 16.6. The molecule has 0 spiro atoms. The molecule has 6 heteroatoms. The van der Waals surface area contributed by atoms with Gasteiger partial charge in [-0.05, 0) is 62.9 Å². The Hall–Kier alpha value is -2.89. The Morgan fingerprint density at radius 1 is 1.31 bits per heavy atom. The molecule has 1 aliphatic carbocycles. The first-order chi connectivity index (χ1) is 12.6. The third-order valence-corrected chi connectivity index (χ3v) is 4.42. The lowest BCUT2D eigenvalue weighted by atomic mass is 10.1. The van der Waals surface area contributed by atoms with E-state index in [1.165, 1.54) is 0 Å². The fourth-order valence-electron chi connectivity index (χ4n) is 2.92. The molecule has 2 aromatic heterocycles. The van der Waals surface area contributed by atoms with E-state index in [1.54, 1.807) is 23.4 Å². The Bertz CT molecular complexity index is 930. The number of anilines is 2. The van der Waals surface area contributed by atoms with Crippen LogP contribution in [0.3, 0.4) is 0 Å². The molecule has 26 heavy (non-hydrogen) atoms. The number of amides is 1. The average molecular weight is 350 g/mol. The number of fused-ring (bicyclic) bond motifs is 1. The van der Waals surface area contributed by atoms with Gasteiger partial charge < -0.3 is 9.73 Å². The van der Waals surface area contributed by atoms with Crippen LogP contribution in [0.15, 0.2) is 47.2 Å². The average Bonchev–Trinajstić information content (AvgIpc) is 3.32. The summed E-state index contributed by atoms with van der Waals surface area (Å²) in [6.45, 7) is 4.74. The summed E-state index contributed by atoms with van der Waals surface area (Å²) in [4.78, 5) is 23.8. The molecule has 1 saturated carbocycles. The van der Waals surface area contributed by atoms with Crippen molar-refractivity contribution in [2.45, 2.75) is 32.7 Å². The monoisotopic (exact) mass is 350 g/mol. The summed E-state index contributed by atoms with van der Waals surface area (Å²) in [5.74, 6) is 1.67. The summed E-state index contributed by atoms with van der Waals surface area (Å²) in [6.07, 6.45) is 5.65. The number of benzene rings is 1. The molecule has 4 rings (SSSR count). The van der Waals surface area contributed by atoms with Gasteiger partial charge in [0.2, 0.25) is 5.95 Å². The van der Waals surface area contributed by atoms with Crippen LogP contribution in [0.1, 0.15) is 37.0 Å². The smallest absolute Gasteiger partial charge is 0.259 e. The topological polar surface area (TPSA) is 71.3 Å². The van der Waals surface area contributed by atoms with Gasteiger partial charge in [-0.15, -0.1) is 0 Å². The fraction of sp³-hybridized carbons (Fsp3) is 0.350. The molecular weight excluding hydrogens is 328 g/mol. The Labute approximate surface area is 152 Å². The molecule has 2 heterocycles. The standard InChI is InChI=1S/C20H22N4O2/c1-13(2)22-20-21-9-7-18(23-20)24(12-14-3-4-14)19(25)16-5-6-17-15(11-16)8-10-26-17/h5-11,13-14H,3-4,12H2,1-2H3,(H,21,22,23). The van der Waals surface area contributed by atoms with Gasteiger partial charge in [-0.3, -0.25) is 9.69 Å².